The first kappa shape index (κ1) is 20.5. The first-order valence-electron chi connectivity index (χ1n) is 8.03. The average molecular weight is 428 g/mol. The molecule has 0 bridgehead atoms. The minimum Gasteiger partial charge on any atom is -0.478 e. The van der Waals surface area contributed by atoms with Crippen LogP contribution in [0.5, 0.6) is 5.75 Å². The summed E-state index contributed by atoms with van der Waals surface area (Å²) in [6.45, 7) is 0. The Morgan fingerprint density at radius 3 is 2.48 bits per heavy atom. The van der Waals surface area contributed by atoms with Crippen molar-refractivity contribution in [2.45, 2.75) is 12.3 Å². The van der Waals surface area contributed by atoms with Gasteiger partial charge >= 0.3 is 18.1 Å². The van der Waals surface area contributed by atoms with Gasteiger partial charge in [0.1, 0.15) is 5.75 Å². The molecule has 0 spiro atoms. The van der Waals surface area contributed by atoms with E-state index in [1.54, 1.807) is 0 Å². The zero-order valence-electron chi connectivity index (χ0n) is 14.7. The van der Waals surface area contributed by atoms with Gasteiger partial charge < -0.3 is 20.3 Å². The number of fused-ring (bicyclic) bond motifs is 1. The minimum absolute atomic E-state index is 0.0352. The molecule has 0 radical (unpaired) electrons. The summed E-state index contributed by atoms with van der Waals surface area (Å²) in [6, 6.07) is 6.81. The number of halogens is 4. The van der Waals surface area contributed by atoms with Crippen LogP contribution in [0.3, 0.4) is 0 Å². The van der Waals surface area contributed by atoms with E-state index in [0.29, 0.717) is 5.56 Å². The van der Waals surface area contributed by atoms with Crippen molar-refractivity contribution in [3.8, 4) is 16.9 Å². The van der Waals surface area contributed by atoms with Gasteiger partial charge in [0.2, 0.25) is 6.10 Å². The summed E-state index contributed by atoms with van der Waals surface area (Å²) in [4.78, 5) is 23.0. The zero-order valence-corrected chi connectivity index (χ0v) is 15.5. The first-order valence-corrected chi connectivity index (χ1v) is 8.40. The molecule has 3 rings (SSSR count). The Kier molecular flexibility index (Phi) is 5.18. The van der Waals surface area contributed by atoms with Crippen LogP contribution in [0, 0.1) is 0 Å². The van der Waals surface area contributed by atoms with E-state index in [9.17, 15) is 22.8 Å². The molecule has 1 aliphatic rings. The lowest BCUT2D eigenvalue weighted by atomic mass is 9.95. The Hall–Kier alpha value is -3.20. The van der Waals surface area contributed by atoms with Gasteiger partial charge in [-0.3, -0.25) is 0 Å². The third kappa shape index (κ3) is 3.86. The smallest absolute Gasteiger partial charge is 0.430 e. The molecule has 10 heteroatoms. The van der Waals surface area contributed by atoms with Crippen molar-refractivity contribution in [3.63, 3.8) is 0 Å². The van der Waals surface area contributed by atoms with Crippen LogP contribution < -0.4 is 10.5 Å². The molecule has 152 valence electrons. The van der Waals surface area contributed by atoms with Crippen molar-refractivity contribution in [2.75, 3.05) is 12.8 Å². The quantitative estimate of drug-likeness (QED) is 0.563. The van der Waals surface area contributed by atoms with Crippen LogP contribution in [-0.4, -0.2) is 36.4 Å². The molecule has 1 aliphatic heterocycles. The normalized spacial score (nSPS) is 15.8. The van der Waals surface area contributed by atoms with Crippen molar-refractivity contribution < 1.29 is 37.3 Å². The van der Waals surface area contributed by atoms with Crippen molar-refractivity contribution >= 4 is 35.3 Å². The van der Waals surface area contributed by atoms with Crippen molar-refractivity contribution in [3.05, 3.63) is 52.1 Å². The highest BCUT2D eigenvalue weighted by Crippen LogP contribution is 2.44. The molecule has 0 fully saturated rings. The molecule has 1 atom stereocenters. The van der Waals surface area contributed by atoms with Gasteiger partial charge in [0.15, 0.2) is 0 Å². The third-order valence-electron chi connectivity index (χ3n) is 4.22. The highest BCUT2D eigenvalue weighted by molar-refractivity contribution is 6.31. The number of nitrogen functional groups attached to an aromatic ring is 1. The molecular weight excluding hydrogens is 415 g/mol. The number of rotatable bonds is 3. The number of ether oxygens (including phenoxy) is 2. The fourth-order valence-electron chi connectivity index (χ4n) is 2.94. The van der Waals surface area contributed by atoms with E-state index >= 15 is 0 Å². The van der Waals surface area contributed by atoms with Crippen LogP contribution in [0.2, 0.25) is 5.02 Å². The number of anilines is 1. The van der Waals surface area contributed by atoms with E-state index in [2.05, 4.69) is 4.74 Å². The lowest BCUT2D eigenvalue weighted by Gasteiger charge is -2.28. The number of carbonyl (C=O) groups excluding carboxylic acids is 1. The molecule has 0 aromatic heterocycles. The number of esters is 1. The number of hydrogen-bond acceptors (Lipinski definition) is 5. The molecular formula is C19H13ClF3NO5. The molecule has 2 aromatic carbocycles. The fourth-order valence-corrected chi connectivity index (χ4v) is 3.16. The highest BCUT2D eigenvalue weighted by atomic mass is 35.5. The Bertz CT molecular complexity index is 1050. The van der Waals surface area contributed by atoms with E-state index in [-0.39, 0.29) is 33.1 Å². The maximum atomic E-state index is 13.4. The predicted octanol–water partition coefficient (Wildman–Crippen LogP) is 4.17. The lowest BCUT2D eigenvalue weighted by molar-refractivity contribution is -0.187. The Morgan fingerprint density at radius 2 is 1.93 bits per heavy atom. The number of carbonyl (C=O) groups is 2. The number of carboxylic acid groups (broad SMARTS) is 1. The summed E-state index contributed by atoms with van der Waals surface area (Å²) >= 11 is 6.07. The van der Waals surface area contributed by atoms with Gasteiger partial charge in [-0.15, -0.1) is 0 Å². The molecule has 1 heterocycles. The van der Waals surface area contributed by atoms with Crippen LogP contribution in [0.1, 0.15) is 15.9 Å². The van der Waals surface area contributed by atoms with E-state index in [0.717, 1.165) is 6.08 Å². The van der Waals surface area contributed by atoms with Crippen LogP contribution in [0.25, 0.3) is 17.2 Å². The van der Waals surface area contributed by atoms with Gasteiger partial charge in [-0.25, -0.2) is 9.59 Å². The number of nitrogens with two attached hydrogens (primary N) is 1. The average Bonchev–Trinajstić information content (AvgIpc) is 2.64. The molecule has 0 amide bonds. The van der Waals surface area contributed by atoms with E-state index in [1.807, 2.05) is 0 Å². The van der Waals surface area contributed by atoms with Crippen molar-refractivity contribution in [1.82, 2.24) is 0 Å². The lowest BCUT2D eigenvalue weighted by Crippen LogP contribution is -2.40. The van der Waals surface area contributed by atoms with E-state index in [1.165, 1.54) is 37.4 Å². The van der Waals surface area contributed by atoms with Gasteiger partial charge in [0, 0.05) is 21.8 Å². The van der Waals surface area contributed by atoms with Crippen LogP contribution >= 0.6 is 11.6 Å². The highest BCUT2D eigenvalue weighted by Gasteiger charge is 2.48. The maximum Gasteiger partial charge on any atom is 0.430 e. The monoisotopic (exact) mass is 427 g/mol. The second-order valence-electron chi connectivity index (χ2n) is 6.11. The summed E-state index contributed by atoms with van der Waals surface area (Å²) < 4.78 is 49.8. The predicted molar refractivity (Wildman–Crippen MR) is 98.7 cm³/mol. The van der Waals surface area contributed by atoms with Gasteiger partial charge in [-0.05, 0) is 35.9 Å². The first-order chi connectivity index (χ1) is 13.5. The van der Waals surface area contributed by atoms with Gasteiger partial charge in [-0.2, -0.15) is 13.2 Å². The summed E-state index contributed by atoms with van der Waals surface area (Å²) in [6.07, 6.45) is -6.73. The molecule has 2 aromatic rings. The fraction of sp³-hybridized carbons (Fsp3) is 0.158. The minimum atomic E-state index is -4.95. The van der Waals surface area contributed by atoms with Crippen molar-refractivity contribution in [2.24, 2.45) is 0 Å². The van der Waals surface area contributed by atoms with Gasteiger partial charge in [-0.1, -0.05) is 17.7 Å². The third-order valence-corrected chi connectivity index (χ3v) is 4.44. The van der Waals surface area contributed by atoms with E-state index in [4.69, 9.17) is 27.2 Å². The maximum absolute atomic E-state index is 13.4. The van der Waals surface area contributed by atoms with Crippen LogP contribution in [0.4, 0.5) is 18.9 Å². The largest absolute Gasteiger partial charge is 0.478 e. The summed E-state index contributed by atoms with van der Waals surface area (Å²) in [5.74, 6) is -2.64. The summed E-state index contributed by atoms with van der Waals surface area (Å²) in [5.41, 5.74) is 5.57. The van der Waals surface area contributed by atoms with Crippen LogP contribution in [0.15, 0.2) is 35.9 Å². The Morgan fingerprint density at radius 1 is 1.24 bits per heavy atom. The number of methoxy groups -OCH3 is 1. The second kappa shape index (κ2) is 7.32. The molecule has 29 heavy (non-hydrogen) atoms. The number of aliphatic carboxylic acids is 1. The SMILES string of the molecule is COC(=O)c1ccc(-c2cc(Cl)cc3c2OC(C(F)(F)F)C(C(=O)O)=C3)cc1N. The number of hydrogen-bond donors (Lipinski definition) is 2. The summed E-state index contributed by atoms with van der Waals surface area (Å²) in [5, 5.41) is 9.30. The van der Waals surface area contributed by atoms with E-state index < -0.39 is 29.8 Å². The molecule has 3 N–H and O–H groups in total. The molecule has 1 unspecified atom stereocenters. The standard InChI is InChI=1S/C19H13ClF3NO5/c1-28-18(27)11-3-2-8(6-14(11)24)12-7-10(20)4-9-5-13(17(25)26)16(19(21,22)23)29-15(9)12/h2-7,16H,24H2,1H3,(H,25,26). The second-order valence-corrected chi connectivity index (χ2v) is 6.55. The van der Waals surface area contributed by atoms with Gasteiger partial charge in [0.25, 0.3) is 0 Å². The van der Waals surface area contributed by atoms with Gasteiger partial charge in [0.05, 0.1) is 18.2 Å². The number of benzene rings is 2. The van der Waals surface area contributed by atoms with Crippen molar-refractivity contribution in [1.29, 1.82) is 0 Å². The number of carboxylic acids is 1. The molecule has 6 nitrogen and oxygen atoms in total. The molecule has 0 saturated heterocycles. The number of alkyl halides is 3. The summed E-state index contributed by atoms with van der Waals surface area (Å²) in [7, 11) is 1.18. The zero-order chi connectivity index (χ0) is 21.5. The molecule has 0 saturated carbocycles. The Labute approximate surface area is 167 Å². The van der Waals surface area contributed by atoms with Crippen LogP contribution in [-0.2, 0) is 9.53 Å². The molecule has 0 aliphatic carbocycles. The topological polar surface area (TPSA) is 98.8 Å². The Balaban J connectivity index is 2.19.